The molecule has 0 bridgehead atoms. The maximum atomic E-state index is 10.6. The Hall–Kier alpha value is -1.15. The van der Waals surface area contributed by atoms with Gasteiger partial charge in [-0.2, -0.15) is 0 Å². The topological polar surface area (TPSA) is 30.0 Å². The van der Waals surface area contributed by atoms with Crippen molar-refractivity contribution in [2.45, 2.75) is 6.92 Å². The zero-order valence-electron chi connectivity index (χ0n) is 6.62. The summed E-state index contributed by atoms with van der Waals surface area (Å²) in [6.45, 7) is 1.49. The Morgan fingerprint density at radius 3 is 3.00 bits per heavy atom. The number of ketones is 1. The normalized spacial score (nSPS) is 10.5. The van der Waals surface area contributed by atoms with Gasteiger partial charge in [0, 0.05) is 12.4 Å². The molecule has 0 aliphatic rings. The standard InChI is InChI=1S/C9H8ClNO/c1-7(12)2-3-8-4-5-11-6-9(8)10/h2-6H,1H3. The molecule has 1 aromatic rings. The zero-order valence-corrected chi connectivity index (χ0v) is 7.38. The van der Waals surface area contributed by atoms with E-state index in [2.05, 4.69) is 4.98 Å². The molecule has 0 fully saturated rings. The van der Waals surface area contributed by atoms with Crippen LogP contribution in [0.3, 0.4) is 0 Å². The third kappa shape index (κ3) is 2.47. The Kier molecular flexibility index (Phi) is 3.00. The highest BCUT2D eigenvalue weighted by Crippen LogP contribution is 2.14. The molecule has 0 spiro atoms. The molecule has 0 atom stereocenters. The predicted molar refractivity (Wildman–Crippen MR) is 49.0 cm³/mol. The molecule has 12 heavy (non-hydrogen) atoms. The molecule has 1 heterocycles. The molecular formula is C9H8ClNO. The van der Waals surface area contributed by atoms with Gasteiger partial charge in [0.2, 0.25) is 0 Å². The lowest BCUT2D eigenvalue weighted by Crippen LogP contribution is -1.81. The molecule has 0 aliphatic heterocycles. The number of hydrogen-bond acceptors (Lipinski definition) is 2. The van der Waals surface area contributed by atoms with Crippen LogP contribution >= 0.6 is 11.6 Å². The molecular weight excluding hydrogens is 174 g/mol. The highest BCUT2D eigenvalue weighted by Gasteiger charge is 1.93. The number of halogens is 1. The van der Waals surface area contributed by atoms with Crippen molar-refractivity contribution < 1.29 is 4.79 Å². The first-order chi connectivity index (χ1) is 5.70. The van der Waals surface area contributed by atoms with Crippen LogP contribution in [0.4, 0.5) is 0 Å². The first-order valence-corrected chi connectivity index (χ1v) is 3.86. The van der Waals surface area contributed by atoms with Crippen molar-refractivity contribution in [3.63, 3.8) is 0 Å². The molecule has 62 valence electrons. The van der Waals surface area contributed by atoms with Gasteiger partial charge < -0.3 is 0 Å². The number of pyridine rings is 1. The summed E-state index contributed by atoms with van der Waals surface area (Å²) in [5.74, 6) is 0.00267. The summed E-state index contributed by atoms with van der Waals surface area (Å²) in [7, 11) is 0. The maximum Gasteiger partial charge on any atom is 0.152 e. The summed E-state index contributed by atoms with van der Waals surface area (Å²) in [6, 6.07) is 1.75. The second kappa shape index (κ2) is 4.02. The first-order valence-electron chi connectivity index (χ1n) is 3.48. The van der Waals surface area contributed by atoms with Gasteiger partial charge in [0.05, 0.1) is 5.02 Å². The lowest BCUT2D eigenvalue weighted by Gasteiger charge is -1.93. The summed E-state index contributed by atoms with van der Waals surface area (Å²) in [4.78, 5) is 14.4. The molecule has 0 saturated heterocycles. The Morgan fingerprint density at radius 1 is 1.67 bits per heavy atom. The summed E-state index contributed by atoms with van der Waals surface area (Å²) in [6.07, 6.45) is 6.32. The van der Waals surface area contributed by atoms with E-state index in [9.17, 15) is 4.79 Å². The van der Waals surface area contributed by atoms with Gasteiger partial charge in [-0.1, -0.05) is 11.6 Å². The fraction of sp³-hybridized carbons (Fsp3) is 0.111. The largest absolute Gasteiger partial charge is 0.295 e. The van der Waals surface area contributed by atoms with Gasteiger partial charge >= 0.3 is 0 Å². The molecule has 0 aromatic carbocycles. The minimum absolute atomic E-state index is 0.00267. The number of aromatic nitrogens is 1. The second-order valence-corrected chi connectivity index (χ2v) is 2.75. The quantitative estimate of drug-likeness (QED) is 0.656. The fourth-order valence-corrected chi connectivity index (χ4v) is 0.911. The van der Waals surface area contributed by atoms with E-state index in [1.807, 2.05) is 0 Å². The van der Waals surface area contributed by atoms with Gasteiger partial charge in [-0.3, -0.25) is 9.78 Å². The Labute approximate surface area is 75.9 Å². The average molecular weight is 182 g/mol. The van der Waals surface area contributed by atoms with Gasteiger partial charge in [0.15, 0.2) is 5.78 Å². The van der Waals surface area contributed by atoms with Crippen molar-refractivity contribution in [2.24, 2.45) is 0 Å². The number of carbonyl (C=O) groups excluding carboxylic acids is 1. The van der Waals surface area contributed by atoms with E-state index in [0.717, 1.165) is 5.56 Å². The van der Waals surface area contributed by atoms with Crippen LogP contribution in [0, 0.1) is 0 Å². The summed E-state index contributed by atoms with van der Waals surface area (Å²) < 4.78 is 0. The summed E-state index contributed by atoms with van der Waals surface area (Å²) in [5, 5.41) is 0.551. The number of nitrogens with zero attached hydrogens (tertiary/aromatic N) is 1. The third-order valence-corrected chi connectivity index (χ3v) is 1.62. The molecule has 0 saturated carbocycles. The molecule has 0 N–H and O–H groups in total. The van der Waals surface area contributed by atoms with Crippen LogP contribution in [0.25, 0.3) is 6.08 Å². The first kappa shape index (κ1) is 8.94. The van der Waals surface area contributed by atoms with Crippen molar-refractivity contribution >= 4 is 23.5 Å². The minimum atomic E-state index is 0.00267. The molecule has 1 aromatic heterocycles. The van der Waals surface area contributed by atoms with E-state index in [1.54, 1.807) is 24.5 Å². The predicted octanol–water partition coefficient (Wildman–Crippen LogP) is 2.34. The van der Waals surface area contributed by atoms with E-state index in [0.29, 0.717) is 5.02 Å². The van der Waals surface area contributed by atoms with Crippen molar-refractivity contribution in [3.05, 3.63) is 35.1 Å². The lowest BCUT2D eigenvalue weighted by atomic mass is 10.2. The lowest BCUT2D eigenvalue weighted by molar-refractivity contribution is -0.112. The van der Waals surface area contributed by atoms with Gasteiger partial charge in [-0.05, 0) is 30.7 Å². The Morgan fingerprint density at radius 2 is 2.42 bits per heavy atom. The van der Waals surface area contributed by atoms with E-state index in [1.165, 1.54) is 13.0 Å². The number of carbonyl (C=O) groups is 1. The van der Waals surface area contributed by atoms with Crippen LogP contribution in [0.1, 0.15) is 12.5 Å². The molecule has 0 radical (unpaired) electrons. The molecule has 1 rings (SSSR count). The third-order valence-electron chi connectivity index (χ3n) is 1.30. The number of allylic oxidation sites excluding steroid dienone is 1. The van der Waals surface area contributed by atoms with Gasteiger partial charge in [-0.25, -0.2) is 0 Å². The van der Waals surface area contributed by atoms with Crippen LogP contribution in [0.2, 0.25) is 5.02 Å². The highest BCUT2D eigenvalue weighted by molar-refractivity contribution is 6.32. The SMILES string of the molecule is CC(=O)C=Cc1ccncc1Cl. The van der Waals surface area contributed by atoms with Crippen molar-refractivity contribution in [3.8, 4) is 0 Å². The van der Waals surface area contributed by atoms with Crippen LogP contribution < -0.4 is 0 Å². The van der Waals surface area contributed by atoms with E-state index in [4.69, 9.17) is 11.6 Å². The van der Waals surface area contributed by atoms with E-state index >= 15 is 0 Å². The fourth-order valence-electron chi connectivity index (χ4n) is 0.728. The summed E-state index contributed by atoms with van der Waals surface area (Å²) >= 11 is 5.78. The smallest absolute Gasteiger partial charge is 0.152 e. The van der Waals surface area contributed by atoms with Gasteiger partial charge in [0.25, 0.3) is 0 Å². The Balaban J connectivity index is 2.89. The van der Waals surface area contributed by atoms with Crippen LogP contribution in [0.5, 0.6) is 0 Å². The van der Waals surface area contributed by atoms with Crippen molar-refractivity contribution in [1.29, 1.82) is 0 Å². The minimum Gasteiger partial charge on any atom is -0.295 e. The van der Waals surface area contributed by atoms with Gasteiger partial charge in [-0.15, -0.1) is 0 Å². The van der Waals surface area contributed by atoms with Crippen molar-refractivity contribution in [2.75, 3.05) is 0 Å². The highest BCUT2D eigenvalue weighted by atomic mass is 35.5. The van der Waals surface area contributed by atoms with Gasteiger partial charge in [0.1, 0.15) is 0 Å². The van der Waals surface area contributed by atoms with E-state index < -0.39 is 0 Å². The zero-order chi connectivity index (χ0) is 8.97. The summed E-state index contributed by atoms with van der Waals surface area (Å²) in [5.41, 5.74) is 0.807. The van der Waals surface area contributed by atoms with Crippen LogP contribution in [-0.4, -0.2) is 10.8 Å². The molecule has 0 aliphatic carbocycles. The molecule has 0 unspecified atom stereocenters. The van der Waals surface area contributed by atoms with Crippen LogP contribution in [-0.2, 0) is 4.79 Å². The number of hydrogen-bond donors (Lipinski definition) is 0. The number of rotatable bonds is 2. The van der Waals surface area contributed by atoms with Crippen molar-refractivity contribution in [1.82, 2.24) is 4.98 Å². The molecule has 0 amide bonds. The average Bonchev–Trinajstić information content (AvgIpc) is 2.03. The van der Waals surface area contributed by atoms with E-state index in [-0.39, 0.29) is 5.78 Å². The molecule has 2 nitrogen and oxygen atoms in total. The molecule has 3 heteroatoms. The maximum absolute atomic E-state index is 10.6. The second-order valence-electron chi connectivity index (χ2n) is 2.34. The van der Waals surface area contributed by atoms with Crippen LogP contribution in [0.15, 0.2) is 24.5 Å². The Bertz CT molecular complexity index is 320. The monoisotopic (exact) mass is 181 g/mol.